The van der Waals surface area contributed by atoms with Gasteiger partial charge in [0.05, 0.1) is 15.8 Å². The summed E-state index contributed by atoms with van der Waals surface area (Å²) in [5.74, 6) is -0.935. The first-order valence-electron chi connectivity index (χ1n) is 8.04. The normalized spacial score (nSPS) is 16.9. The zero-order valence-electron chi connectivity index (χ0n) is 14.1. The number of carboxylic acids is 1. The van der Waals surface area contributed by atoms with E-state index in [0.29, 0.717) is 15.0 Å². The Bertz CT molecular complexity index is 1230. The Kier molecular flexibility index (Phi) is 4.29. The van der Waals surface area contributed by atoms with Crippen LogP contribution in [0.15, 0.2) is 62.8 Å². The lowest BCUT2D eigenvalue weighted by Gasteiger charge is -2.21. The summed E-state index contributed by atoms with van der Waals surface area (Å²) < 4.78 is 1.92. The van der Waals surface area contributed by atoms with Crippen LogP contribution < -0.4 is 14.9 Å². The van der Waals surface area contributed by atoms with E-state index < -0.39 is 12.0 Å². The van der Waals surface area contributed by atoms with E-state index in [9.17, 15) is 19.8 Å². The number of aliphatic carboxylic acids is 1. The third-order valence-electron chi connectivity index (χ3n) is 4.26. The number of phenols is 1. The minimum Gasteiger partial charge on any atom is -0.508 e. The maximum Gasteiger partial charge on any atom is 0.335 e. The van der Waals surface area contributed by atoms with Gasteiger partial charge in [-0.2, -0.15) is 0 Å². The van der Waals surface area contributed by atoms with E-state index in [1.165, 1.54) is 27.2 Å². The average molecular weight is 398 g/mol. The van der Waals surface area contributed by atoms with Crippen LogP contribution in [0.3, 0.4) is 0 Å². The molecule has 0 aliphatic carbocycles. The van der Waals surface area contributed by atoms with Gasteiger partial charge in [0.15, 0.2) is 4.80 Å². The lowest BCUT2D eigenvalue weighted by atomic mass is 10.0. The van der Waals surface area contributed by atoms with E-state index in [1.54, 1.807) is 37.3 Å². The predicted molar refractivity (Wildman–Crippen MR) is 104 cm³/mol. The summed E-state index contributed by atoms with van der Waals surface area (Å²) in [7, 11) is 0. The van der Waals surface area contributed by atoms with Crippen LogP contribution >= 0.6 is 22.7 Å². The van der Waals surface area contributed by atoms with Gasteiger partial charge in [-0.1, -0.05) is 29.5 Å². The van der Waals surface area contributed by atoms with Gasteiger partial charge in [0, 0.05) is 4.88 Å². The summed E-state index contributed by atoms with van der Waals surface area (Å²) in [5.41, 5.74) is 0.996. The number of hydrogen-bond donors (Lipinski definition) is 2. The first kappa shape index (κ1) is 17.4. The SMILES string of the molecule is CC1=C(C(=O)O)C(c2cccs2)n2c(sc(=Cc3ccc(O)cc3)c2=O)=N1. The molecule has 2 N–H and O–H groups in total. The number of hydrogen-bond acceptors (Lipinski definition) is 6. The van der Waals surface area contributed by atoms with E-state index >= 15 is 0 Å². The standard InChI is InChI=1S/C19H14N2O4S2/c1-10-15(18(24)25)16(13-3-2-8-26-13)21-17(23)14(27-19(21)20-10)9-11-4-6-12(22)7-5-11/h2-9,16,22H,1H3,(H,24,25). The Hall–Kier alpha value is -2.97. The molecule has 2 aromatic heterocycles. The Morgan fingerprint density at radius 1 is 1.26 bits per heavy atom. The van der Waals surface area contributed by atoms with Crippen LogP contribution in [0.2, 0.25) is 0 Å². The van der Waals surface area contributed by atoms with Crippen LogP contribution in [0.25, 0.3) is 6.08 Å². The van der Waals surface area contributed by atoms with Gasteiger partial charge in [-0.05, 0) is 42.1 Å². The molecule has 3 heterocycles. The number of aromatic nitrogens is 1. The molecule has 1 atom stereocenters. The van der Waals surface area contributed by atoms with Crippen molar-refractivity contribution in [2.75, 3.05) is 0 Å². The lowest BCUT2D eigenvalue weighted by molar-refractivity contribution is -0.133. The molecule has 0 saturated carbocycles. The molecule has 1 aliphatic rings. The van der Waals surface area contributed by atoms with Crippen molar-refractivity contribution >= 4 is 34.7 Å². The molecule has 0 amide bonds. The summed E-state index contributed by atoms with van der Waals surface area (Å²) >= 11 is 2.63. The second-order valence-corrected chi connectivity index (χ2v) is 7.98. The number of thiazole rings is 1. The molecule has 0 bridgehead atoms. The number of benzene rings is 1. The van der Waals surface area contributed by atoms with E-state index in [-0.39, 0.29) is 16.9 Å². The number of aromatic hydroxyl groups is 1. The number of allylic oxidation sites excluding steroid dienone is 1. The summed E-state index contributed by atoms with van der Waals surface area (Å²) in [5, 5.41) is 21.0. The summed E-state index contributed by atoms with van der Waals surface area (Å²) in [6.07, 6.45) is 1.72. The third-order valence-corrected chi connectivity index (χ3v) is 6.16. The van der Waals surface area contributed by atoms with Crippen molar-refractivity contribution in [2.45, 2.75) is 13.0 Å². The molecule has 136 valence electrons. The van der Waals surface area contributed by atoms with Gasteiger partial charge in [0.25, 0.3) is 5.56 Å². The van der Waals surface area contributed by atoms with Crippen LogP contribution in [0.4, 0.5) is 0 Å². The molecule has 0 spiro atoms. The number of thiophene rings is 1. The van der Waals surface area contributed by atoms with Crippen molar-refractivity contribution in [1.82, 2.24) is 4.57 Å². The molecule has 6 nitrogen and oxygen atoms in total. The van der Waals surface area contributed by atoms with Gasteiger partial charge < -0.3 is 10.2 Å². The fourth-order valence-corrected chi connectivity index (χ4v) is 4.90. The van der Waals surface area contributed by atoms with Crippen molar-refractivity contribution in [3.63, 3.8) is 0 Å². The number of carbonyl (C=O) groups is 1. The number of rotatable bonds is 3. The van der Waals surface area contributed by atoms with Gasteiger partial charge >= 0.3 is 5.97 Å². The van der Waals surface area contributed by atoms with Gasteiger partial charge in [0.1, 0.15) is 11.8 Å². The quantitative estimate of drug-likeness (QED) is 0.707. The zero-order valence-corrected chi connectivity index (χ0v) is 15.8. The highest BCUT2D eigenvalue weighted by Gasteiger charge is 2.32. The number of carboxylic acid groups (broad SMARTS) is 1. The Balaban J connectivity index is 1.97. The van der Waals surface area contributed by atoms with Crippen LogP contribution in [0, 0.1) is 0 Å². The molecular weight excluding hydrogens is 384 g/mol. The van der Waals surface area contributed by atoms with Gasteiger partial charge in [-0.3, -0.25) is 9.36 Å². The minimum atomic E-state index is -1.08. The van der Waals surface area contributed by atoms with Gasteiger partial charge in [-0.15, -0.1) is 11.3 Å². The Morgan fingerprint density at radius 3 is 2.63 bits per heavy atom. The number of fused-ring (bicyclic) bond motifs is 1. The number of phenolic OH excluding ortho intramolecular Hbond substituents is 1. The Morgan fingerprint density at radius 2 is 2.00 bits per heavy atom. The maximum absolute atomic E-state index is 13.1. The monoisotopic (exact) mass is 398 g/mol. The lowest BCUT2D eigenvalue weighted by Crippen LogP contribution is -2.39. The summed E-state index contributed by atoms with van der Waals surface area (Å²) in [6, 6.07) is 9.47. The molecule has 0 saturated heterocycles. The van der Waals surface area contributed by atoms with Crippen LogP contribution in [0.5, 0.6) is 5.75 Å². The fourth-order valence-electron chi connectivity index (χ4n) is 3.03. The molecule has 0 fully saturated rings. The van der Waals surface area contributed by atoms with E-state index in [2.05, 4.69) is 4.99 Å². The highest BCUT2D eigenvalue weighted by molar-refractivity contribution is 7.10. The number of nitrogens with zero attached hydrogens (tertiary/aromatic N) is 2. The average Bonchev–Trinajstić information content (AvgIpc) is 3.25. The van der Waals surface area contributed by atoms with Crippen molar-refractivity contribution in [3.8, 4) is 5.75 Å². The molecule has 1 unspecified atom stereocenters. The van der Waals surface area contributed by atoms with Crippen molar-refractivity contribution < 1.29 is 15.0 Å². The van der Waals surface area contributed by atoms with E-state index in [1.807, 2.05) is 17.5 Å². The fraction of sp³-hybridized carbons (Fsp3) is 0.105. The molecule has 4 rings (SSSR count). The van der Waals surface area contributed by atoms with Crippen molar-refractivity contribution in [1.29, 1.82) is 0 Å². The van der Waals surface area contributed by atoms with Crippen molar-refractivity contribution in [3.05, 3.63) is 83.2 Å². The third kappa shape index (κ3) is 3.02. The summed E-state index contributed by atoms with van der Waals surface area (Å²) in [4.78, 5) is 30.6. The van der Waals surface area contributed by atoms with Gasteiger partial charge in [0.2, 0.25) is 0 Å². The zero-order chi connectivity index (χ0) is 19.1. The maximum atomic E-state index is 13.1. The van der Waals surface area contributed by atoms with E-state index in [4.69, 9.17) is 0 Å². The predicted octanol–water partition coefficient (Wildman–Crippen LogP) is 2.09. The molecule has 1 aromatic carbocycles. The first-order chi connectivity index (χ1) is 13.0. The second-order valence-electron chi connectivity index (χ2n) is 5.99. The highest BCUT2D eigenvalue weighted by Crippen LogP contribution is 2.32. The van der Waals surface area contributed by atoms with Crippen LogP contribution in [0.1, 0.15) is 23.4 Å². The molecule has 8 heteroatoms. The first-order valence-corrected chi connectivity index (χ1v) is 9.73. The molecular formula is C19H14N2O4S2. The molecule has 3 aromatic rings. The van der Waals surface area contributed by atoms with Gasteiger partial charge in [-0.25, -0.2) is 9.79 Å². The van der Waals surface area contributed by atoms with Crippen LogP contribution in [-0.4, -0.2) is 20.7 Å². The topological polar surface area (TPSA) is 91.9 Å². The molecule has 0 radical (unpaired) electrons. The molecule has 1 aliphatic heterocycles. The second kappa shape index (κ2) is 6.64. The summed E-state index contributed by atoms with van der Waals surface area (Å²) in [6.45, 7) is 1.65. The van der Waals surface area contributed by atoms with Crippen LogP contribution in [-0.2, 0) is 4.79 Å². The Labute approximate surface area is 161 Å². The largest absolute Gasteiger partial charge is 0.508 e. The van der Waals surface area contributed by atoms with Crippen molar-refractivity contribution in [2.24, 2.45) is 4.99 Å². The smallest absolute Gasteiger partial charge is 0.335 e. The minimum absolute atomic E-state index is 0.112. The van der Waals surface area contributed by atoms with E-state index in [0.717, 1.165) is 10.4 Å². The molecule has 27 heavy (non-hydrogen) atoms. The highest BCUT2D eigenvalue weighted by atomic mass is 32.1.